The third kappa shape index (κ3) is 3.92. The van der Waals surface area contributed by atoms with E-state index in [2.05, 4.69) is 15.0 Å². The summed E-state index contributed by atoms with van der Waals surface area (Å²) < 4.78 is 4.21. The molecule has 1 fully saturated rings. The smallest absolute Gasteiger partial charge is 0.256 e. The number of carbonyl (C=O) groups excluding carboxylic acids is 2. The van der Waals surface area contributed by atoms with Crippen LogP contribution in [0.1, 0.15) is 28.9 Å². The second-order valence-corrected chi connectivity index (χ2v) is 5.99. The average molecular weight is 311 g/mol. The molecule has 21 heavy (non-hydrogen) atoms. The van der Waals surface area contributed by atoms with Crippen LogP contribution in [0.2, 0.25) is 0 Å². The molecule has 0 bridgehead atoms. The van der Waals surface area contributed by atoms with Crippen LogP contribution in [-0.4, -0.2) is 53.8 Å². The molecule has 116 valence electrons. The Morgan fingerprint density at radius 2 is 2.10 bits per heavy atom. The van der Waals surface area contributed by atoms with Gasteiger partial charge in [-0.05, 0) is 31.3 Å². The zero-order valence-corrected chi connectivity index (χ0v) is 13.1. The maximum absolute atomic E-state index is 12.4. The minimum atomic E-state index is -0.309. The fourth-order valence-electron chi connectivity index (χ4n) is 2.52. The van der Waals surface area contributed by atoms with Crippen LogP contribution in [0.15, 0.2) is 0 Å². The Morgan fingerprint density at radius 3 is 2.67 bits per heavy atom. The van der Waals surface area contributed by atoms with Crippen molar-refractivity contribution in [2.45, 2.75) is 25.8 Å². The molecule has 1 aliphatic rings. The molecule has 1 aliphatic heterocycles. The second-order valence-electron chi connectivity index (χ2n) is 5.21. The molecule has 2 rings (SSSR count). The van der Waals surface area contributed by atoms with Crippen molar-refractivity contribution in [1.29, 1.82) is 0 Å². The Hall–Kier alpha value is -1.67. The number of hydrogen-bond acceptors (Lipinski definition) is 6. The van der Waals surface area contributed by atoms with Crippen molar-refractivity contribution in [3.05, 3.63) is 11.3 Å². The number of piperidine rings is 1. The number of aryl methyl sites for hydroxylation is 1. The van der Waals surface area contributed by atoms with Gasteiger partial charge in [-0.15, -0.1) is 0 Å². The third-order valence-corrected chi connectivity index (χ3v) is 4.58. The zero-order chi connectivity index (χ0) is 15.4. The zero-order valence-electron chi connectivity index (χ0n) is 12.3. The van der Waals surface area contributed by atoms with E-state index in [1.54, 1.807) is 7.05 Å². The van der Waals surface area contributed by atoms with Gasteiger partial charge in [-0.2, -0.15) is 4.37 Å². The number of nitrogens with two attached hydrogens (primary N) is 1. The number of carbonyl (C=O) groups is 2. The van der Waals surface area contributed by atoms with Gasteiger partial charge >= 0.3 is 0 Å². The molecule has 1 aromatic rings. The Bertz CT molecular complexity index is 523. The van der Waals surface area contributed by atoms with Crippen molar-refractivity contribution < 1.29 is 9.59 Å². The van der Waals surface area contributed by atoms with Gasteiger partial charge in [0.2, 0.25) is 5.91 Å². The third-order valence-electron chi connectivity index (χ3n) is 3.62. The maximum atomic E-state index is 12.4. The number of anilines is 1. The molecule has 0 atom stereocenters. The second kappa shape index (κ2) is 6.86. The van der Waals surface area contributed by atoms with E-state index in [1.807, 2.05) is 11.8 Å². The van der Waals surface area contributed by atoms with E-state index < -0.39 is 0 Å². The van der Waals surface area contributed by atoms with Crippen molar-refractivity contribution in [2.75, 3.05) is 32.0 Å². The lowest BCUT2D eigenvalue weighted by Crippen LogP contribution is -2.46. The molecule has 0 saturated carbocycles. The van der Waals surface area contributed by atoms with E-state index in [0.717, 1.165) is 36.6 Å². The van der Waals surface area contributed by atoms with Crippen molar-refractivity contribution in [3.63, 3.8) is 0 Å². The number of amides is 2. The highest BCUT2D eigenvalue weighted by molar-refractivity contribution is 7.10. The van der Waals surface area contributed by atoms with Crippen LogP contribution >= 0.6 is 11.5 Å². The Kier molecular flexibility index (Phi) is 5.13. The standard InChI is InChI=1S/C13H21N5O2S/c1-8-11(13(15-2)21-17-8)12(20)16-9-3-5-18(6-4-9)7-10(14)19/h9,15H,3-7H2,1-2H3,(H2,14,19)(H,16,20). The molecule has 0 spiro atoms. The van der Waals surface area contributed by atoms with Gasteiger partial charge in [-0.3, -0.25) is 14.5 Å². The number of aromatic nitrogens is 1. The van der Waals surface area contributed by atoms with Gasteiger partial charge in [0, 0.05) is 26.2 Å². The highest BCUT2D eigenvalue weighted by atomic mass is 32.1. The van der Waals surface area contributed by atoms with Crippen LogP contribution in [0, 0.1) is 6.92 Å². The van der Waals surface area contributed by atoms with E-state index >= 15 is 0 Å². The Morgan fingerprint density at radius 1 is 1.43 bits per heavy atom. The first kappa shape index (κ1) is 15.7. The van der Waals surface area contributed by atoms with Gasteiger partial charge in [0.05, 0.1) is 17.8 Å². The van der Waals surface area contributed by atoms with E-state index in [4.69, 9.17) is 5.73 Å². The Labute approximate surface area is 128 Å². The summed E-state index contributed by atoms with van der Waals surface area (Å²) in [4.78, 5) is 25.3. The van der Waals surface area contributed by atoms with Crippen LogP contribution in [0.25, 0.3) is 0 Å². The predicted molar refractivity (Wildman–Crippen MR) is 82.5 cm³/mol. The number of nitrogens with one attached hydrogen (secondary N) is 2. The van der Waals surface area contributed by atoms with Crippen molar-refractivity contribution in [1.82, 2.24) is 14.6 Å². The van der Waals surface area contributed by atoms with Crippen LogP contribution in [0.4, 0.5) is 5.00 Å². The molecule has 0 aliphatic carbocycles. The van der Waals surface area contributed by atoms with E-state index in [1.165, 1.54) is 11.5 Å². The molecular weight excluding hydrogens is 290 g/mol. The van der Waals surface area contributed by atoms with E-state index in [9.17, 15) is 9.59 Å². The molecule has 8 heteroatoms. The summed E-state index contributed by atoms with van der Waals surface area (Å²) in [6.45, 7) is 3.67. The number of likely N-dealkylation sites (tertiary alicyclic amines) is 1. The highest BCUT2D eigenvalue weighted by Crippen LogP contribution is 2.24. The summed E-state index contributed by atoms with van der Waals surface area (Å²) in [5.74, 6) is -0.393. The normalized spacial score (nSPS) is 16.7. The SMILES string of the molecule is CNc1snc(C)c1C(=O)NC1CCN(CC(N)=O)CC1. The summed E-state index contributed by atoms with van der Waals surface area (Å²) in [7, 11) is 1.78. The molecule has 4 N–H and O–H groups in total. The minimum Gasteiger partial charge on any atom is -0.378 e. The van der Waals surface area contributed by atoms with E-state index in [0.29, 0.717) is 5.56 Å². The van der Waals surface area contributed by atoms with Crippen molar-refractivity contribution in [3.8, 4) is 0 Å². The maximum Gasteiger partial charge on any atom is 0.256 e. The van der Waals surface area contributed by atoms with Gasteiger partial charge in [0.15, 0.2) is 0 Å². The first-order valence-corrected chi connectivity index (χ1v) is 7.74. The molecule has 0 unspecified atom stereocenters. The molecule has 0 radical (unpaired) electrons. The molecule has 7 nitrogen and oxygen atoms in total. The van der Waals surface area contributed by atoms with Crippen molar-refractivity contribution >= 4 is 28.3 Å². The average Bonchev–Trinajstić information content (AvgIpc) is 2.81. The van der Waals surface area contributed by atoms with Gasteiger partial charge in [0.25, 0.3) is 5.91 Å². The summed E-state index contributed by atoms with van der Waals surface area (Å²) in [5.41, 5.74) is 6.56. The molecule has 2 amide bonds. The molecule has 2 heterocycles. The van der Waals surface area contributed by atoms with E-state index in [-0.39, 0.29) is 24.4 Å². The largest absolute Gasteiger partial charge is 0.378 e. The summed E-state index contributed by atoms with van der Waals surface area (Å²) in [5, 5.41) is 6.84. The molecule has 1 saturated heterocycles. The first-order chi connectivity index (χ1) is 10.0. The van der Waals surface area contributed by atoms with Crippen LogP contribution in [0.3, 0.4) is 0 Å². The van der Waals surface area contributed by atoms with Crippen LogP contribution < -0.4 is 16.4 Å². The lowest BCUT2D eigenvalue weighted by Gasteiger charge is -2.31. The number of rotatable bonds is 5. The van der Waals surface area contributed by atoms with Crippen LogP contribution in [-0.2, 0) is 4.79 Å². The van der Waals surface area contributed by atoms with Gasteiger partial charge in [0.1, 0.15) is 5.00 Å². The number of nitrogens with zero attached hydrogens (tertiary/aromatic N) is 2. The van der Waals surface area contributed by atoms with Crippen LogP contribution in [0.5, 0.6) is 0 Å². The molecule has 0 aromatic carbocycles. The van der Waals surface area contributed by atoms with Gasteiger partial charge in [-0.1, -0.05) is 0 Å². The lowest BCUT2D eigenvalue weighted by molar-refractivity contribution is -0.119. The van der Waals surface area contributed by atoms with Gasteiger partial charge in [-0.25, -0.2) is 0 Å². The number of hydrogen-bond donors (Lipinski definition) is 3. The lowest BCUT2D eigenvalue weighted by atomic mass is 10.0. The molecular formula is C13H21N5O2S. The summed E-state index contributed by atoms with van der Waals surface area (Å²) in [6.07, 6.45) is 1.65. The molecule has 1 aromatic heterocycles. The monoisotopic (exact) mass is 311 g/mol. The fraction of sp³-hybridized carbons (Fsp3) is 0.615. The Balaban J connectivity index is 1.90. The topological polar surface area (TPSA) is 100 Å². The summed E-state index contributed by atoms with van der Waals surface area (Å²) in [6, 6.07) is 0.130. The fourth-order valence-corrected chi connectivity index (χ4v) is 3.26. The summed E-state index contributed by atoms with van der Waals surface area (Å²) >= 11 is 1.29. The highest BCUT2D eigenvalue weighted by Gasteiger charge is 2.24. The minimum absolute atomic E-state index is 0.0843. The first-order valence-electron chi connectivity index (χ1n) is 6.96. The predicted octanol–water partition coefficient (Wildman–Crippen LogP) is 0.173. The van der Waals surface area contributed by atoms with Crippen molar-refractivity contribution in [2.24, 2.45) is 5.73 Å². The quantitative estimate of drug-likeness (QED) is 0.720. The number of primary amides is 1. The van der Waals surface area contributed by atoms with Gasteiger partial charge < -0.3 is 16.4 Å².